The molecule has 1 saturated carbocycles. The Hall–Kier alpha value is -1.92. The standard InChI is InChI=1S/C21H27NO5/c23-18(24)17-14-20(17)6-10-22(11-7-20)19(25)21(8-12-26-13-9-21)27-15-16-4-2-1-3-5-16/h1-5,17H,6-15H2,(H,23,24). The zero-order valence-electron chi connectivity index (χ0n) is 15.6. The van der Waals surface area contributed by atoms with Crippen LogP contribution in [0.5, 0.6) is 0 Å². The molecule has 1 aliphatic carbocycles. The van der Waals surface area contributed by atoms with Crippen molar-refractivity contribution in [2.45, 2.75) is 44.3 Å². The van der Waals surface area contributed by atoms with E-state index in [1.165, 1.54) is 0 Å². The van der Waals surface area contributed by atoms with Crippen LogP contribution < -0.4 is 0 Å². The van der Waals surface area contributed by atoms with E-state index in [0.29, 0.717) is 45.8 Å². The number of hydrogen-bond donors (Lipinski definition) is 1. The largest absolute Gasteiger partial charge is 0.481 e. The number of ether oxygens (including phenoxy) is 2. The number of amides is 1. The Labute approximate surface area is 159 Å². The number of nitrogens with zero attached hydrogens (tertiary/aromatic N) is 1. The van der Waals surface area contributed by atoms with Gasteiger partial charge in [0.1, 0.15) is 0 Å². The summed E-state index contributed by atoms with van der Waals surface area (Å²) in [5, 5.41) is 9.25. The fourth-order valence-electron chi connectivity index (χ4n) is 4.61. The fourth-order valence-corrected chi connectivity index (χ4v) is 4.61. The van der Waals surface area contributed by atoms with Crippen molar-refractivity contribution in [2.75, 3.05) is 26.3 Å². The maximum atomic E-state index is 13.4. The molecule has 27 heavy (non-hydrogen) atoms. The second-order valence-electron chi connectivity index (χ2n) is 8.13. The predicted octanol–water partition coefficient (Wildman–Crippen LogP) is 2.47. The molecule has 2 heterocycles. The molecule has 1 unspecified atom stereocenters. The van der Waals surface area contributed by atoms with Gasteiger partial charge in [-0.1, -0.05) is 30.3 Å². The summed E-state index contributed by atoms with van der Waals surface area (Å²) < 4.78 is 11.7. The molecule has 146 valence electrons. The molecule has 0 bridgehead atoms. The Kier molecular flexibility index (Phi) is 4.95. The van der Waals surface area contributed by atoms with Gasteiger partial charge in [0.25, 0.3) is 5.91 Å². The van der Waals surface area contributed by atoms with E-state index in [1.807, 2.05) is 35.2 Å². The van der Waals surface area contributed by atoms with Crippen LogP contribution in [-0.2, 0) is 25.7 Å². The first kappa shape index (κ1) is 18.4. The van der Waals surface area contributed by atoms with Crippen LogP contribution in [0, 0.1) is 11.3 Å². The Morgan fingerprint density at radius 1 is 1.11 bits per heavy atom. The van der Waals surface area contributed by atoms with Gasteiger partial charge in [-0.25, -0.2) is 0 Å². The second kappa shape index (κ2) is 7.24. The van der Waals surface area contributed by atoms with Crippen molar-refractivity contribution in [1.82, 2.24) is 4.90 Å². The van der Waals surface area contributed by atoms with Crippen LogP contribution >= 0.6 is 0 Å². The molecule has 1 amide bonds. The second-order valence-corrected chi connectivity index (χ2v) is 8.13. The molecule has 1 aromatic rings. The minimum Gasteiger partial charge on any atom is -0.481 e. The topological polar surface area (TPSA) is 76.1 Å². The SMILES string of the molecule is O=C(O)C1CC12CCN(C(=O)C1(OCc3ccccc3)CCOCC1)CC2. The van der Waals surface area contributed by atoms with Gasteiger partial charge in [0.2, 0.25) is 0 Å². The third-order valence-electron chi connectivity index (χ3n) is 6.58. The molecule has 2 saturated heterocycles. The maximum absolute atomic E-state index is 13.4. The Balaban J connectivity index is 1.41. The van der Waals surface area contributed by atoms with Crippen molar-refractivity contribution >= 4 is 11.9 Å². The van der Waals surface area contributed by atoms with Gasteiger partial charge in [0, 0.05) is 39.1 Å². The first-order valence-electron chi connectivity index (χ1n) is 9.83. The van der Waals surface area contributed by atoms with E-state index in [9.17, 15) is 14.7 Å². The van der Waals surface area contributed by atoms with Gasteiger partial charge in [-0.05, 0) is 30.2 Å². The van der Waals surface area contributed by atoms with Gasteiger partial charge in [-0.15, -0.1) is 0 Å². The molecule has 1 atom stereocenters. The molecular formula is C21H27NO5. The van der Waals surface area contributed by atoms with Crippen LogP contribution in [0.1, 0.15) is 37.7 Å². The molecule has 1 N–H and O–H groups in total. The molecule has 1 aromatic carbocycles. The maximum Gasteiger partial charge on any atom is 0.307 e. The zero-order valence-corrected chi connectivity index (χ0v) is 15.6. The molecule has 0 radical (unpaired) electrons. The number of carbonyl (C=O) groups excluding carboxylic acids is 1. The lowest BCUT2D eigenvalue weighted by atomic mass is 9.87. The molecule has 0 aromatic heterocycles. The number of rotatable bonds is 5. The number of benzene rings is 1. The minimum atomic E-state index is -0.825. The van der Waals surface area contributed by atoms with Crippen LogP contribution in [0.2, 0.25) is 0 Å². The lowest BCUT2D eigenvalue weighted by molar-refractivity contribution is -0.175. The van der Waals surface area contributed by atoms with E-state index in [0.717, 1.165) is 24.8 Å². The van der Waals surface area contributed by atoms with Crippen LogP contribution in [0.15, 0.2) is 30.3 Å². The lowest BCUT2D eigenvalue weighted by Gasteiger charge is -2.42. The molecular weight excluding hydrogens is 346 g/mol. The molecule has 3 fully saturated rings. The highest BCUT2D eigenvalue weighted by molar-refractivity contribution is 5.85. The fraction of sp³-hybridized carbons (Fsp3) is 0.619. The average molecular weight is 373 g/mol. The summed E-state index contributed by atoms with van der Waals surface area (Å²) in [5.41, 5.74) is 0.154. The van der Waals surface area contributed by atoms with Crippen LogP contribution in [-0.4, -0.2) is 53.8 Å². The first-order chi connectivity index (χ1) is 13.0. The number of carboxylic acid groups (broad SMARTS) is 1. The quantitative estimate of drug-likeness (QED) is 0.858. The van der Waals surface area contributed by atoms with E-state index < -0.39 is 11.6 Å². The number of aliphatic carboxylic acids is 1. The van der Waals surface area contributed by atoms with E-state index in [-0.39, 0.29) is 17.2 Å². The summed E-state index contributed by atoms with van der Waals surface area (Å²) in [7, 11) is 0. The Bertz CT molecular complexity index is 690. The molecule has 1 spiro atoms. The molecule has 6 heteroatoms. The highest BCUT2D eigenvalue weighted by atomic mass is 16.5. The van der Waals surface area contributed by atoms with E-state index in [1.54, 1.807) is 0 Å². The summed E-state index contributed by atoms with van der Waals surface area (Å²) in [6.07, 6.45) is 3.45. The highest BCUT2D eigenvalue weighted by Gasteiger charge is 2.59. The summed E-state index contributed by atoms with van der Waals surface area (Å²) in [6.45, 7) is 2.71. The van der Waals surface area contributed by atoms with E-state index in [4.69, 9.17) is 9.47 Å². The number of carbonyl (C=O) groups is 2. The van der Waals surface area contributed by atoms with Gasteiger partial charge in [-0.2, -0.15) is 0 Å². The Morgan fingerprint density at radius 3 is 2.37 bits per heavy atom. The summed E-state index contributed by atoms with van der Waals surface area (Å²) in [4.78, 5) is 26.5. The van der Waals surface area contributed by atoms with Crippen LogP contribution in [0.3, 0.4) is 0 Å². The van der Waals surface area contributed by atoms with Crippen LogP contribution in [0.4, 0.5) is 0 Å². The van der Waals surface area contributed by atoms with Crippen molar-refractivity contribution in [3.05, 3.63) is 35.9 Å². The number of likely N-dealkylation sites (tertiary alicyclic amines) is 1. The predicted molar refractivity (Wildman–Crippen MR) is 98.0 cm³/mol. The van der Waals surface area contributed by atoms with E-state index >= 15 is 0 Å². The molecule has 3 aliphatic rings. The first-order valence-corrected chi connectivity index (χ1v) is 9.83. The lowest BCUT2D eigenvalue weighted by Crippen LogP contribution is -2.55. The summed E-state index contributed by atoms with van der Waals surface area (Å²) >= 11 is 0. The van der Waals surface area contributed by atoms with Gasteiger partial charge < -0.3 is 19.5 Å². The number of carboxylic acids is 1. The monoisotopic (exact) mass is 373 g/mol. The van der Waals surface area contributed by atoms with E-state index in [2.05, 4.69) is 0 Å². The van der Waals surface area contributed by atoms with Crippen molar-refractivity contribution < 1.29 is 24.2 Å². The molecule has 6 nitrogen and oxygen atoms in total. The van der Waals surface area contributed by atoms with Crippen molar-refractivity contribution in [3.63, 3.8) is 0 Å². The zero-order chi connectivity index (χ0) is 18.9. The van der Waals surface area contributed by atoms with Crippen LogP contribution in [0.25, 0.3) is 0 Å². The highest BCUT2D eigenvalue weighted by Crippen LogP contribution is 2.59. The third-order valence-corrected chi connectivity index (χ3v) is 6.58. The smallest absolute Gasteiger partial charge is 0.307 e. The van der Waals surface area contributed by atoms with Gasteiger partial charge in [-0.3, -0.25) is 9.59 Å². The van der Waals surface area contributed by atoms with Crippen molar-refractivity contribution in [3.8, 4) is 0 Å². The van der Waals surface area contributed by atoms with Crippen molar-refractivity contribution in [1.29, 1.82) is 0 Å². The molecule has 4 rings (SSSR count). The van der Waals surface area contributed by atoms with Gasteiger partial charge in [0.05, 0.1) is 12.5 Å². The van der Waals surface area contributed by atoms with Gasteiger partial charge in [0.15, 0.2) is 5.60 Å². The number of piperidine rings is 1. The number of hydrogen-bond acceptors (Lipinski definition) is 4. The summed E-state index contributed by atoms with van der Waals surface area (Å²) in [6, 6.07) is 9.90. The van der Waals surface area contributed by atoms with Gasteiger partial charge >= 0.3 is 5.97 Å². The Morgan fingerprint density at radius 2 is 1.78 bits per heavy atom. The minimum absolute atomic E-state index is 0.0455. The normalized spacial score (nSPS) is 25.9. The third kappa shape index (κ3) is 3.60. The average Bonchev–Trinajstić information content (AvgIpc) is 3.42. The summed E-state index contributed by atoms with van der Waals surface area (Å²) in [5.74, 6) is -0.868. The van der Waals surface area contributed by atoms with Crippen molar-refractivity contribution in [2.24, 2.45) is 11.3 Å². The molecule has 2 aliphatic heterocycles.